The number of para-hydroxylation sites is 1. The molecule has 2 N–H and O–H groups in total. The monoisotopic (exact) mass is 246 g/mol. The molecule has 0 aliphatic rings. The number of halogens is 3. The molecule has 0 bridgehead atoms. The second-order valence-electron chi connectivity index (χ2n) is 3.37. The first kappa shape index (κ1) is 13.5. The molecular weight excluding hydrogens is 233 g/mol. The van der Waals surface area contributed by atoms with Crippen LogP contribution in [0.15, 0.2) is 24.3 Å². The summed E-state index contributed by atoms with van der Waals surface area (Å²) in [4.78, 5) is 11.3. The Morgan fingerprint density at radius 2 is 1.94 bits per heavy atom. The summed E-state index contributed by atoms with van der Waals surface area (Å²) < 4.78 is 37.8. The minimum Gasteiger partial charge on any atom is -0.324 e. The molecule has 3 nitrogen and oxygen atoms in total. The normalized spacial score (nSPS) is 11.3. The van der Waals surface area contributed by atoms with Gasteiger partial charge >= 0.3 is 6.18 Å². The van der Waals surface area contributed by atoms with Gasteiger partial charge in [-0.3, -0.25) is 4.79 Å². The second kappa shape index (κ2) is 5.67. The largest absolute Gasteiger partial charge is 0.418 e. The Kier molecular flexibility index (Phi) is 4.51. The molecule has 0 saturated carbocycles. The molecule has 6 heteroatoms. The molecule has 1 aromatic rings. The van der Waals surface area contributed by atoms with E-state index >= 15 is 0 Å². The van der Waals surface area contributed by atoms with Gasteiger partial charge in [-0.05, 0) is 18.7 Å². The van der Waals surface area contributed by atoms with Crippen LogP contribution in [0.5, 0.6) is 0 Å². The van der Waals surface area contributed by atoms with Crippen LogP contribution in [0.4, 0.5) is 18.9 Å². The van der Waals surface area contributed by atoms with E-state index in [-0.39, 0.29) is 12.2 Å². The summed E-state index contributed by atoms with van der Waals surface area (Å²) >= 11 is 0. The third-order valence-electron chi connectivity index (χ3n) is 2.04. The van der Waals surface area contributed by atoms with Crippen molar-refractivity contribution < 1.29 is 18.0 Å². The molecular formula is C11H13F3N2O. The number of amides is 1. The van der Waals surface area contributed by atoms with Crippen molar-refractivity contribution in [3.63, 3.8) is 0 Å². The molecule has 94 valence electrons. The molecule has 1 amide bonds. The summed E-state index contributed by atoms with van der Waals surface area (Å²) in [5.74, 6) is -0.497. The van der Waals surface area contributed by atoms with E-state index in [9.17, 15) is 18.0 Å². The zero-order chi connectivity index (χ0) is 12.9. The maximum Gasteiger partial charge on any atom is 0.418 e. The Morgan fingerprint density at radius 1 is 1.29 bits per heavy atom. The number of anilines is 1. The molecule has 0 aromatic heterocycles. The van der Waals surface area contributed by atoms with E-state index < -0.39 is 17.6 Å². The van der Waals surface area contributed by atoms with Crippen LogP contribution >= 0.6 is 0 Å². The third-order valence-corrected chi connectivity index (χ3v) is 2.04. The van der Waals surface area contributed by atoms with Gasteiger partial charge in [0.15, 0.2) is 0 Å². The number of hydrogen-bond acceptors (Lipinski definition) is 2. The Balaban J connectivity index is 2.81. The van der Waals surface area contributed by atoms with Crippen molar-refractivity contribution in [1.29, 1.82) is 0 Å². The topological polar surface area (TPSA) is 41.1 Å². The van der Waals surface area contributed by atoms with Crippen LogP contribution in [0.3, 0.4) is 0 Å². The number of nitrogens with one attached hydrogen (secondary N) is 2. The van der Waals surface area contributed by atoms with Crippen molar-refractivity contribution in [3.05, 3.63) is 29.8 Å². The lowest BCUT2D eigenvalue weighted by molar-refractivity contribution is -0.137. The first-order chi connectivity index (χ1) is 7.95. The van der Waals surface area contributed by atoms with Crippen LogP contribution in [0.1, 0.15) is 12.5 Å². The minimum atomic E-state index is -4.47. The van der Waals surface area contributed by atoms with E-state index in [1.807, 2.05) is 0 Å². The summed E-state index contributed by atoms with van der Waals surface area (Å²) in [6, 6.07) is 4.89. The van der Waals surface area contributed by atoms with Gasteiger partial charge in [-0.25, -0.2) is 0 Å². The number of likely N-dealkylation sites (N-methyl/N-ethyl adjacent to an activating group) is 1. The van der Waals surface area contributed by atoms with E-state index in [4.69, 9.17) is 0 Å². The van der Waals surface area contributed by atoms with Crippen LogP contribution in [0.2, 0.25) is 0 Å². The summed E-state index contributed by atoms with van der Waals surface area (Å²) in [7, 11) is 0. The first-order valence-electron chi connectivity index (χ1n) is 5.12. The molecule has 0 unspecified atom stereocenters. The SMILES string of the molecule is CCNCC(=O)Nc1ccccc1C(F)(F)F. The van der Waals surface area contributed by atoms with Gasteiger partial charge in [-0.15, -0.1) is 0 Å². The van der Waals surface area contributed by atoms with Crippen LogP contribution < -0.4 is 10.6 Å². The Hall–Kier alpha value is -1.56. The third kappa shape index (κ3) is 4.07. The van der Waals surface area contributed by atoms with Crippen LogP contribution in [-0.2, 0) is 11.0 Å². The highest BCUT2D eigenvalue weighted by Crippen LogP contribution is 2.34. The van der Waals surface area contributed by atoms with Crippen molar-refractivity contribution in [2.75, 3.05) is 18.4 Å². The van der Waals surface area contributed by atoms with Gasteiger partial charge in [0.05, 0.1) is 17.8 Å². The highest BCUT2D eigenvalue weighted by atomic mass is 19.4. The van der Waals surface area contributed by atoms with Gasteiger partial charge in [0.2, 0.25) is 5.91 Å². The molecule has 0 aliphatic carbocycles. The number of alkyl halides is 3. The lowest BCUT2D eigenvalue weighted by Crippen LogP contribution is -2.28. The molecule has 0 spiro atoms. The van der Waals surface area contributed by atoms with Crippen molar-refractivity contribution >= 4 is 11.6 Å². The molecule has 0 fully saturated rings. The smallest absolute Gasteiger partial charge is 0.324 e. The second-order valence-corrected chi connectivity index (χ2v) is 3.37. The summed E-state index contributed by atoms with van der Waals surface area (Å²) in [5, 5.41) is 4.96. The number of rotatable bonds is 4. The zero-order valence-electron chi connectivity index (χ0n) is 9.27. The highest BCUT2D eigenvalue weighted by Gasteiger charge is 2.33. The van der Waals surface area contributed by atoms with Crippen LogP contribution in [-0.4, -0.2) is 19.0 Å². The van der Waals surface area contributed by atoms with Crippen LogP contribution in [0, 0.1) is 0 Å². The number of carbonyl (C=O) groups is 1. The molecule has 0 saturated heterocycles. The van der Waals surface area contributed by atoms with Gasteiger partial charge in [-0.2, -0.15) is 13.2 Å². The predicted molar refractivity (Wildman–Crippen MR) is 58.6 cm³/mol. The fourth-order valence-electron chi connectivity index (χ4n) is 1.27. The average molecular weight is 246 g/mol. The van der Waals surface area contributed by atoms with Crippen LogP contribution in [0.25, 0.3) is 0 Å². The fourth-order valence-corrected chi connectivity index (χ4v) is 1.27. The summed E-state index contributed by atoms with van der Waals surface area (Å²) in [5.41, 5.74) is -1.06. The fraction of sp³-hybridized carbons (Fsp3) is 0.364. The molecule has 0 atom stereocenters. The Morgan fingerprint density at radius 3 is 2.53 bits per heavy atom. The molecule has 0 radical (unpaired) electrons. The maximum absolute atomic E-state index is 12.6. The van der Waals surface area contributed by atoms with E-state index in [1.54, 1.807) is 6.92 Å². The van der Waals surface area contributed by atoms with E-state index in [0.717, 1.165) is 6.07 Å². The van der Waals surface area contributed by atoms with Crippen molar-refractivity contribution in [2.24, 2.45) is 0 Å². The van der Waals surface area contributed by atoms with Gasteiger partial charge < -0.3 is 10.6 Å². The lowest BCUT2D eigenvalue weighted by atomic mass is 10.1. The number of hydrogen-bond donors (Lipinski definition) is 2. The molecule has 1 aromatic carbocycles. The van der Waals surface area contributed by atoms with Gasteiger partial charge in [0.1, 0.15) is 0 Å². The highest BCUT2D eigenvalue weighted by molar-refractivity contribution is 5.93. The molecule has 0 heterocycles. The maximum atomic E-state index is 12.6. The quantitative estimate of drug-likeness (QED) is 0.855. The van der Waals surface area contributed by atoms with Gasteiger partial charge in [0, 0.05) is 0 Å². The average Bonchev–Trinajstić information content (AvgIpc) is 2.25. The van der Waals surface area contributed by atoms with Crippen molar-refractivity contribution in [1.82, 2.24) is 5.32 Å². The Labute approximate surface area is 97.0 Å². The van der Waals surface area contributed by atoms with Gasteiger partial charge in [-0.1, -0.05) is 19.1 Å². The van der Waals surface area contributed by atoms with Gasteiger partial charge in [0.25, 0.3) is 0 Å². The predicted octanol–water partition coefficient (Wildman–Crippen LogP) is 2.25. The number of carbonyl (C=O) groups excluding carboxylic acids is 1. The Bertz CT molecular complexity index is 391. The standard InChI is InChI=1S/C11H13F3N2O/c1-2-15-7-10(17)16-9-6-4-3-5-8(9)11(12,13)14/h3-6,15H,2,7H2,1H3,(H,16,17). The van der Waals surface area contributed by atoms with Crippen molar-refractivity contribution in [3.8, 4) is 0 Å². The lowest BCUT2D eigenvalue weighted by Gasteiger charge is -2.13. The minimum absolute atomic E-state index is 0.0112. The zero-order valence-corrected chi connectivity index (χ0v) is 9.27. The molecule has 1 rings (SSSR count). The first-order valence-corrected chi connectivity index (χ1v) is 5.12. The molecule has 0 aliphatic heterocycles. The van der Waals surface area contributed by atoms with E-state index in [2.05, 4.69) is 10.6 Å². The van der Waals surface area contributed by atoms with E-state index in [0.29, 0.717) is 6.54 Å². The van der Waals surface area contributed by atoms with E-state index in [1.165, 1.54) is 18.2 Å². The number of benzene rings is 1. The molecule has 17 heavy (non-hydrogen) atoms. The summed E-state index contributed by atoms with van der Waals surface area (Å²) in [6.07, 6.45) is -4.47. The van der Waals surface area contributed by atoms with Crippen molar-refractivity contribution in [2.45, 2.75) is 13.1 Å². The summed E-state index contributed by atoms with van der Waals surface area (Å²) in [6.45, 7) is 2.37.